The Bertz CT molecular complexity index is 1330. The number of rotatable bonds is 5. The van der Waals surface area contributed by atoms with E-state index in [0.29, 0.717) is 35.3 Å². The van der Waals surface area contributed by atoms with Gasteiger partial charge < -0.3 is 9.47 Å². The molecule has 0 amide bonds. The lowest BCUT2D eigenvalue weighted by Crippen LogP contribution is -2.29. The standard InChI is InChI=1S/C23H18ClNO4S2/c24-18-7-3-2-6-17(18)23(22-13-15-5-1-4-8-21(15)30-22)25-31(26,27)16-9-10-19-20(14-16)29-12-11-28-19/h1-10,13-14,23,25H,11-12H2/t23-/m1/s1. The molecule has 1 N–H and O–H groups in total. The van der Waals surface area contributed by atoms with E-state index in [2.05, 4.69) is 4.72 Å². The number of benzene rings is 3. The SMILES string of the molecule is O=S(=O)(N[C@@H](c1cc2ccccc2s1)c1ccccc1Cl)c1ccc2c(c1)OCCO2. The topological polar surface area (TPSA) is 64.6 Å². The summed E-state index contributed by atoms with van der Waals surface area (Å²) in [5.74, 6) is 0.961. The van der Waals surface area contributed by atoms with Crippen molar-refractivity contribution in [3.05, 3.63) is 88.3 Å². The highest BCUT2D eigenvalue weighted by atomic mass is 35.5. The first-order chi connectivity index (χ1) is 15.0. The number of hydrogen-bond donors (Lipinski definition) is 1. The zero-order valence-electron chi connectivity index (χ0n) is 16.2. The van der Waals surface area contributed by atoms with Gasteiger partial charge in [0, 0.05) is 20.7 Å². The van der Waals surface area contributed by atoms with E-state index in [-0.39, 0.29) is 4.90 Å². The van der Waals surface area contributed by atoms with Crippen molar-refractivity contribution in [3.63, 3.8) is 0 Å². The number of halogens is 1. The van der Waals surface area contributed by atoms with Crippen LogP contribution in [0.15, 0.2) is 77.7 Å². The molecule has 1 aliphatic rings. The Hall–Kier alpha value is -2.58. The smallest absolute Gasteiger partial charge is 0.241 e. The molecule has 3 aromatic carbocycles. The minimum atomic E-state index is -3.88. The third-order valence-electron chi connectivity index (χ3n) is 5.04. The minimum absolute atomic E-state index is 0.106. The van der Waals surface area contributed by atoms with E-state index >= 15 is 0 Å². The lowest BCUT2D eigenvalue weighted by molar-refractivity contribution is 0.171. The molecule has 0 spiro atoms. The van der Waals surface area contributed by atoms with Gasteiger partial charge in [0.05, 0.1) is 10.9 Å². The highest BCUT2D eigenvalue weighted by molar-refractivity contribution is 7.89. The number of ether oxygens (including phenoxy) is 2. The molecular weight excluding hydrogens is 454 g/mol. The van der Waals surface area contributed by atoms with Gasteiger partial charge in [-0.15, -0.1) is 11.3 Å². The van der Waals surface area contributed by atoms with Crippen molar-refractivity contribution < 1.29 is 17.9 Å². The molecule has 2 heterocycles. The van der Waals surface area contributed by atoms with Gasteiger partial charge in [-0.05, 0) is 41.3 Å². The molecule has 5 rings (SSSR count). The molecule has 5 nitrogen and oxygen atoms in total. The van der Waals surface area contributed by atoms with Crippen molar-refractivity contribution in [1.29, 1.82) is 0 Å². The second-order valence-corrected chi connectivity index (χ2v) is 10.3. The van der Waals surface area contributed by atoms with E-state index in [1.165, 1.54) is 23.5 Å². The van der Waals surface area contributed by atoms with Gasteiger partial charge >= 0.3 is 0 Å². The quantitative estimate of drug-likeness (QED) is 0.423. The van der Waals surface area contributed by atoms with Crippen LogP contribution in [0.1, 0.15) is 16.5 Å². The van der Waals surface area contributed by atoms with Crippen molar-refractivity contribution in [2.75, 3.05) is 13.2 Å². The second kappa shape index (κ2) is 8.16. The van der Waals surface area contributed by atoms with Crippen LogP contribution in [0.25, 0.3) is 10.1 Å². The minimum Gasteiger partial charge on any atom is -0.486 e. The largest absolute Gasteiger partial charge is 0.486 e. The summed E-state index contributed by atoms with van der Waals surface area (Å²) >= 11 is 8.01. The second-order valence-electron chi connectivity index (χ2n) is 7.07. The number of hydrogen-bond acceptors (Lipinski definition) is 5. The van der Waals surface area contributed by atoms with Crippen molar-refractivity contribution in [1.82, 2.24) is 4.72 Å². The first-order valence-corrected chi connectivity index (χ1v) is 12.3. The van der Waals surface area contributed by atoms with Crippen LogP contribution in [0.3, 0.4) is 0 Å². The first kappa shape index (κ1) is 20.3. The predicted molar refractivity (Wildman–Crippen MR) is 123 cm³/mol. The summed E-state index contributed by atoms with van der Waals surface area (Å²) in [5, 5.41) is 1.55. The molecule has 1 aromatic heterocycles. The average molecular weight is 472 g/mol. The molecule has 1 atom stereocenters. The van der Waals surface area contributed by atoms with E-state index < -0.39 is 16.1 Å². The highest BCUT2D eigenvalue weighted by Crippen LogP contribution is 2.37. The van der Waals surface area contributed by atoms with Gasteiger partial charge in [0.15, 0.2) is 11.5 Å². The molecule has 0 saturated heterocycles. The molecule has 1 aliphatic heterocycles. The van der Waals surface area contributed by atoms with Crippen LogP contribution in [-0.4, -0.2) is 21.6 Å². The summed E-state index contributed by atoms with van der Waals surface area (Å²) in [4.78, 5) is 0.963. The van der Waals surface area contributed by atoms with Gasteiger partial charge in [0.1, 0.15) is 13.2 Å². The van der Waals surface area contributed by atoms with E-state index in [1.54, 1.807) is 12.1 Å². The molecule has 0 bridgehead atoms. The van der Waals surface area contributed by atoms with Crippen molar-refractivity contribution in [2.24, 2.45) is 0 Å². The van der Waals surface area contributed by atoms with Crippen LogP contribution >= 0.6 is 22.9 Å². The summed E-state index contributed by atoms with van der Waals surface area (Å²) < 4.78 is 41.7. The molecule has 31 heavy (non-hydrogen) atoms. The normalized spacial score (nSPS) is 14.5. The van der Waals surface area contributed by atoms with Crippen LogP contribution in [-0.2, 0) is 10.0 Å². The van der Waals surface area contributed by atoms with Crippen LogP contribution in [0.4, 0.5) is 0 Å². The van der Waals surface area contributed by atoms with Gasteiger partial charge in [-0.3, -0.25) is 0 Å². The Morgan fingerprint density at radius 2 is 1.65 bits per heavy atom. The van der Waals surface area contributed by atoms with E-state index in [0.717, 1.165) is 15.0 Å². The molecule has 4 aromatic rings. The number of fused-ring (bicyclic) bond motifs is 2. The number of sulfonamides is 1. The van der Waals surface area contributed by atoms with E-state index in [1.807, 2.05) is 48.5 Å². The van der Waals surface area contributed by atoms with E-state index in [9.17, 15) is 8.42 Å². The third kappa shape index (κ3) is 4.02. The Labute approximate surface area is 189 Å². The van der Waals surface area contributed by atoms with Crippen LogP contribution < -0.4 is 14.2 Å². The van der Waals surface area contributed by atoms with Crippen LogP contribution in [0, 0.1) is 0 Å². The van der Waals surface area contributed by atoms with Gasteiger partial charge in [-0.2, -0.15) is 4.72 Å². The van der Waals surface area contributed by atoms with Crippen LogP contribution in [0.2, 0.25) is 5.02 Å². The van der Waals surface area contributed by atoms with Gasteiger partial charge in [-0.1, -0.05) is 48.0 Å². The lowest BCUT2D eigenvalue weighted by Gasteiger charge is -2.21. The maximum absolute atomic E-state index is 13.4. The summed E-state index contributed by atoms with van der Waals surface area (Å²) in [6.07, 6.45) is 0. The Morgan fingerprint density at radius 3 is 2.45 bits per heavy atom. The fourth-order valence-corrected chi connectivity index (χ4v) is 6.21. The van der Waals surface area contributed by atoms with Crippen molar-refractivity contribution >= 4 is 43.0 Å². The van der Waals surface area contributed by atoms with Gasteiger partial charge in [0.2, 0.25) is 10.0 Å². The fourth-order valence-electron chi connectivity index (χ4n) is 3.54. The molecule has 158 valence electrons. The molecule has 8 heteroatoms. The molecule has 0 aliphatic carbocycles. The fraction of sp³-hybridized carbons (Fsp3) is 0.130. The average Bonchev–Trinajstić information content (AvgIpc) is 3.22. The maximum atomic E-state index is 13.4. The number of thiophene rings is 1. The Kier molecular flexibility index (Phi) is 5.35. The van der Waals surface area contributed by atoms with Gasteiger partial charge in [0.25, 0.3) is 0 Å². The zero-order valence-corrected chi connectivity index (χ0v) is 18.6. The molecular formula is C23H18ClNO4S2. The molecule has 0 saturated carbocycles. The molecule has 0 unspecified atom stereocenters. The van der Waals surface area contributed by atoms with Gasteiger partial charge in [-0.25, -0.2) is 8.42 Å². The molecule has 0 radical (unpaired) electrons. The summed E-state index contributed by atoms with van der Waals surface area (Å²) in [5.41, 5.74) is 0.692. The zero-order chi connectivity index (χ0) is 21.4. The summed E-state index contributed by atoms with van der Waals surface area (Å²) in [6, 6.07) is 21.2. The van der Waals surface area contributed by atoms with Crippen molar-refractivity contribution in [2.45, 2.75) is 10.9 Å². The maximum Gasteiger partial charge on any atom is 0.241 e. The Balaban J connectivity index is 1.57. The summed E-state index contributed by atoms with van der Waals surface area (Å²) in [6.45, 7) is 0.825. The Morgan fingerprint density at radius 1 is 0.903 bits per heavy atom. The summed E-state index contributed by atoms with van der Waals surface area (Å²) in [7, 11) is -3.88. The van der Waals surface area contributed by atoms with Crippen LogP contribution in [0.5, 0.6) is 11.5 Å². The molecule has 0 fully saturated rings. The van der Waals surface area contributed by atoms with E-state index in [4.69, 9.17) is 21.1 Å². The predicted octanol–water partition coefficient (Wildman–Crippen LogP) is 5.39. The van der Waals surface area contributed by atoms with Crippen molar-refractivity contribution in [3.8, 4) is 11.5 Å². The highest BCUT2D eigenvalue weighted by Gasteiger charge is 2.27. The third-order valence-corrected chi connectivity index (χ3v) is 7.99. The lowest BCUT2D eigenvalue weighted by atomic mass is 10.1. The number of nitrogens with one attached hydrogen (secondary N) is 1. The first-order valence-electron chi connectivity index (χ1n) is 9.66. The monoisotopic (exact) mass is 471 g/mol.